The van der Waals surface area contributed by atoms with Crippen LogP contribution in [0, 0.1) is 0 Å². The molecule has 0 bridgehead atoms. The number of sulfonamides is 1. The van der Waals surface area contributed by atoms with Crippen molar-refractivity contribution < 1.29 is 17.9 Å². The van der Waals surface area contributed by atoms with Crippen LogP contribution in [0.25, 0.3) is 0 Å². The van der Waals surface area contributed by atoms with Gasteiger partial charge in [0.1, 0.15) is 5.75 Å². The molecule has 0 aromatic heterocycles. The average Bonchev–Trinajstić information content (AvgIpc) is 2.83. The normalized spacial score (nSPS) is 15.4. The topological polar surface area (TPSA) is 75.7 Å². The number of ether oxygens (including phenoxy) is 1. The lowest BCUT2D eigenvalue weighted by Gasteiger charge is -2.34. The van der Waals surface area contributed by atoms with Crippen LogP contribution in [0.4, 0.5) is 5.69 Å². The smallest absolute Gasteiger partial charge is 0.264 e. The second-order valence-electron chi connectivity index (χ2n) is 7.54. The summed E-state index contributed by atoms with van der Waals surface area (Å²) in [6.45, 7) is 0.291. The minimum atomic E-state index is -3.92. The number of amides is 1. The van der Waals surface area contributed by atoms with Crippen molar-refractivity contribution in [3.63, 3.8) is 0 Å². The lowest BCUT2D eigenvalue weighted by molar-refractivity contribution is -0.127. The van der Waals surface area contributed by atoms with E-state index in [1.165, 1.54) is 28.6 Å². The number of para-hydroxylation sites is 2. The Morgan fingerprint density at radius 2 is 1.79 bits per heavy atom. The van der Waals surface area contributed by atoms with E-state index in [2.05, 4.69) is 5.32 Å². The molecule has 34 heavy (non-hydrogen) atoms. The van der Waals surface area contributed by atoms with Crippen LogP contribution in [0.1, 0.15) is 5.56 Å². The van der Waals surface area contributed by atoms with Crippen molar-refractivity contribution in [1.29, 1.82) is 0 Å². The summed E-state index contributed by atoms with van der Waals surface area (Å²) in [5.41, 5.74) is 1.50. The highest BCUT2D eigenvalue weighted by atomic mass is 35.5. The summed E-state index contributed by atoms with van der Waals surface area (Å²) in [7, 11) is -3.92. The van der Waals surface area contributed by atoms with Crippen molar-refractivity contribution in [1.82, 2.24) is 5.32 Å². The first-order valence-corrected chi connectivity index (χ1v) is 13.8. The maximum absolute atomic E-state index is 13.4. The Morgan fingerprint density at radius 3 is 2.56 bits per heavy atom. The van der Waals surface area contributed by atoms with Gasteiger partial charge < -0.3 is 10.1 Å². The first-order chi connectivity index (χ1) is 16.3. The van der Waals surface area contributed by atoms with Gasteiger partial charge in [-0.3, -0.25) is 9.10 Å². The number of nitrogens with one attached hydrogen (secondary N) is 1. The number of hydrogen-bond acceptors (Lipinski definition) is 5. The standard InChI is InChI=1S/C24H22Cl2N2O4S2/c25-18-8-10-20(11-9-18)34(30,31)28-15-23(32-22-7-2-1-6-21(22)28)24(29)27-12-13-33-16-17-4-3-5-19(26)14-17/h1-11,14,23H,12-13,15-16H2,(H,27,29). The van der Waals surface area contributed by atoms with Crippen LogP contribution in [0.3, 0.4) is 0 Å². The fourth-order valence-corrected chi connectivity index (χ4v) is 6.10. The van der Waals surface area contributed by atoms with Crippen molar-refractivity contribution in [2.45, 2.75) is 16.8 Å². The number of benzene rings is 3. The van der Waals surface area contributed by atoms with Crippen LogP contribution < -0.4 is 14.4 Å². The van der Waals surface area contributed by atoms with Gasteiger partial charge in [-0.1, -0.05) is 47.5 Å². The quantitative estimate of drug-likeness (QED) is 0.410. The van der Waals surface area contributed by atoms with Gasteiger partial charge in [0.25, 0.3) is 15.9 Å². The number of hydrogen-bond donors (Lipinski definition) is 1. The molecular weight excluding hydrogens is 515 g/mol. The monoisotopic (exact) mass is 536 g/mol. The molecule has 0 saturated carbocycles. The Labute approximate surface area is 213 Å². The molecule has 0 aliphatic carbocycles. The van der Waals surface area contributed by atoms with E-state index >= 15 is 0 Å². The van der Waals surface area contributed by atoms with Gasteiger partial charge in [0.15, 0.2) is 6.10 Å². The summed E-state index contributed by atoms with van der Waals surface area (Å²) in [5, 5.41) is 3.98. The van der Waals surface area contributed by atoms with Crippen LogP contribution in [-0.2, 0) is 20.6 Å². The zero-order valence-corrected chi connectivity index (χ0v) is 21.1. The highest BCUT2D eigenvalue weighted by Crippen LogP contribution is 2.37. The minimum absolute atomic E-state index is 0.0881. The van der Waals surface area contributed by atoms with Gasteiger partial charge >= 0.3 is 0 Å². The number of anilines is 1. The molecule has 3 aromatic rings. The number of fused-ring (bicyclic) bond motifs is 1. The summed E-state index contributed by atoms with van der Waals surface area (Å²) in [6.07, 6.45) is -0.977. The van der Waals surface area contributed by atoms with Crippen LogP contribution >= 0.6 is 35.0 Å². The molecule has 1 amide bonds. The van der Waals surface area contributed by atoms with E-state index in [9.17, 15) is 13.2 Å². The SMILES string of the molecule is O=C(NCCSCc1cccc(Cl)c1)C1CN(S(=O)(=O)c2ccc(Cl)cc2)c2ccccc2O1. The zero-order valence-electron chi connectivity index (χ0n) is 18.0. The van der Waals surface area contributed by atoms with Gasteiger partial charge in [-0.15, -0.1) is 0 Å². The molecule has 4 rings (SSSR count). The van der Waals surface area contributed by atoms with E-state index in [4.69, 9.17) is 27.9 Å². The maximum atomic E-state index is 13.4. The molecule has 0 fully saturated rings. The molecule has 1 atom stereocenters. The number of rotatable bonds is 8. The second kappa shape index (κ2) is 10.9. The van der Waals surface area contributed by atoms with Gasteiger partial charge in [-0.2, -0.15) is 11.8 Å². The lowest BCUT2D eigenvalue weighted by Crippen LogP contribution is -2.51. The van der Waals surface area contributed by atoms with Gasteiger partial charge in [-0.25, -0.2) is 8.42 Å². The fraction of sp³-hybridized carbons (Fsp3) is 0.208. The van der Waals surface area contributed by atoms with Crippen molar-refractivity contribution in [3.05, 3.63) is 88.4 Å². The lowest BCUT2D eigenvalue weighted by atomic mass is 10.2. The molecule has 178 valence electrons. The Hall–Kier alpha value is -2.39. The van der Waals surface area contributed by atoms with E-state index in [0.717, 1.165) is 11.3 Å². The highest BCUT2D eigenvalue weighted by molar-refractivity contribution is 7.98. The predicted molar refractivity (Wildman–Crippen MR) is 137 cm³/mol. The Kier molecular flexibility index (Phi) is 7.93. The first kappa shape index (κ1) is 24.7. The molecule has 0 radical (unpaired) electrons. The molecule has 10 heteroatoms. The molecule has 1 N–H and O–H groups in total. The number of carbonyl (C=O) groups excluding carboxylic acids is 1. The van der Waals surface area contributed by atoms with Crippen molar-refractivity contribution >= 4 is 56.6 Å². The van der Waals surface area contributed by atoms with Crippen LogP contribution in [-0.4, -0.2) is 39.3 Å². The van der Waals surface area contributed by atoms with Crippen LogP contribution in [0.5, 0.6) is 5.75 Å². The number of carbonyl (C=O) groups is 1. The van der Waals surface area contributed by atoms with Crippen LogP contribution in [0.2, 0.25) is 10.0 Å². The second-order valence-corrected chi connectivity index (χ2v) is 11.4. The Morgan fingerprint density at radius 1 is 1.03 bits per heavy atom. The fourth-order valence-electron chi connectivity index (χ4n) is 3.48. The summed E-state index contributed by atoms with van der Waals surface area (Å²) < 4.78 is 33.8. The van der Waals surface area contributed by atoms with Crippen molar-refractivity contribution in [3.8, 4) is 5.75 Å². The largest absolute Gasteiger partial charge is 0.476 e. The third-order valence-corrected chi connectivity index (χ3v) is 8.44. The van der Waals surface area contributed by atoms with Crippen molar-refractivity contribution in [2.24, 2.45) is 0 Å². The molecule has 0 spiro atoms. The summed E-state index contributed by atoms with van der Waals surface area (Å²) in [6, 6.07) is 20.3. The van der Waals surface area contributed by atoms with Crippen LogP contribution in [0.15, 0.2) is 77.7 Å². The van der Waals surface area contributed by atoms with Gasteiger partial charge in [0.05, 0.1) is 17.1 Å². The third-order valence-electron chi connectivity index (χ3n) is 5.13. The number of thioether (sulfide) groups is 1. The van der Waals surface area contributed by atoms with Gasteiger partial charge in [0.2, 0.25) is 0 Å². The first-order valence-electron chi connectivity index (χ1n) is 10.5. The van der Waals surface area contributed by atoms with E-state index in [1.54, 1.807) is 36.0 Å². The maximum Gasteiger partial charge on any atom is 0.264 e. The summed E-state index contributed by atoms with van der Waals surface area (Å²) in [4.78, 5) is 12.9. The number of nitrogens with zero attached hydrogens (tertiary/aromatic N) is 1. The van der Waals surface area contributed by atoms with E-state index in [1.807, 2.05) is 24.3 Å². The molecule has 6 nitrogen and oxygen atoms in total. The Balaban J connectivity index is 1.41. The molecule has 1 aliphatic rings. The molecule has 1 heterocycles. The van der Waals surface area contributed by atoms with E-state index < -0.39 is 16.1 Å². The predicted octanol–water partition coefficient (Wildman–Crippen LogP) is 5.00. The van der Waals surface area contributed by atoms with E-state index in [-0.39, 0.29) is 17.3 Å². The highest BCUT2D eigenvalue weighted by Gasteiger charge is 2.37. The molecule has 1 aliphatic heterocycles. The molecule has 1 unspecified atom stereocenters. The molecular formula is C24H22Cl2N2O4S2. The molecule has 3 aromatic carbocycles. The van der Waals surface area contributed by atoms with Gasteiger partial charge in [0, 0.05) is 28.1 Å². The van der Waals surface area contributed by atoms with E-state index in [0.29, 0.717) is 33.8 Å². The van der Waals surface area contributed by atoms with Gasteiger partial charge in [-0.05, 0) is 54.1 Å². The number of halogens is 2. The minimum Gasteiger partial charge on any atom is -0.476 e. The molecule has 0 saturated heterocycles. The summed E-state index contributed by atoms with van der Waals surface area (Å²) >= 11 is 13.6. The van der Waals surface area contributed by atoms with Crippen molar-refractivity contribution in [2.75, 3.05) is 23.1 Å². The Bertz CT molecular complexity index is 1270. The third kappa shape index (κ3) is 5.81. The average molecular weight is 537 g/mol. The zero-order chi connectivity index (χ0) is 24.1. The summed E-state index contributed by atoms with van der Waals surface area (Å²) in [5.74, 6) is 1.43.